The maximum Gasteiger partial charge on any atom is 0.336 e. The van der Waals surface area contributed by atoms with Gasteiger partial charge in [-0.05, 0) is 172 Å². The van der Waals surface area contributed by atoms with Crippen LogP contribution < -0.4 is 0 Å². The standard InChI is InChI=1S/4C16H22O4.CH4/c4*1-3-5-7-11-9-10-13(15(17)18)14(16(19)20)12(11)8-6-4-2;/h4*9-10H,3-8H2,1-2H3,(H,17,18)(H,19,20);1H4. The van der Waals surface area contributed by atoms with Gasteiger partial charge in [0.05, 0.1) is 44.5 Å². The molecule has 4 aromatic rings. The molecular weight excluding hydrogens is 1040 g/mol. The van der Waals surface area contributed by atoms with Gasteiger partial charge < -0.3 is 40.9 Å². The van der Waals surface area contributed by atoms with Crippen LogP contribution in [-0.4, -0.2) is 88.6 Å². The van der Waals surface area contributed by atoms with Gasteiger partial charge in [-0.2, -0.15) is 0 Å². The fourth-order valence-electron chi connectivity index (χ4n) is 9.42. The lowest BCUT2D eigenvalue weighted by Crippen LogP contribution is -2.14. The average molecular weight is 1130 g/mol. The molecule has 0 amide bonds. The molecular formula is C65H92O16. The zero-order valence-corrected chi connectivity index (χ0v) is 48.4. The Morgan fingerprint density at radius 2 is 0.395 bits per heavy atom. The minimum absolute atomic E-state index is 0. The van der Waals surface area contributed by atoms with E-state index in [1.165, 1.54) is 24.3 Å². The molecule has 0 saturated carbocycles. The highest BCUT2D eigenvalue weighted by molar-refractivity contribution is 6.05. The van der Waals surface area contributed by atoms with Crippen LogP contribution in [0.25, 0.3) is 0 Å². The third-order valence-electron chi connectivity index (χ3n) is 13.7. The number of unbranched alkanes of at least 4 members (excludes halogenated alkanes) is 8. The van der Waals surface area contributed by atoms with Crippen molar-refractivity contribution in [3.05, 3.63) is 138 Å². The summed E-state index contributed by atoms with van der Waals surface area (Å²) in [5.41, 5.74) is 6.16. The van der Waals surface area contributed by atoms with Gasteiger partial charge in [0, 0.05) is 0 Å². The Balaban J connectivity index is 0.00000105. The Hall–Kier alpha value is -7.36. The van der Waals surface area contributed by atoms with Gasteiger partial charge in [0.2, 0.25) is 0 Å². The van der Waals surface area contributed by atoms with E-state index >= 15 is 0 Å². The van der Waals surface area contributed by atoms with Gasteiger partial charge in [-0.15, -0.1) is 0 Å². The molecule has 448 valence electrons. The summed E-state index contributed by atoms with van der Waals surface area (Å²) in [4.78, 5) is 90.7. The molecule has 0 atom stereocenters. The van der Waals surface area contributed by atoms with Gasteiger partial charge in [-0.25, -0.2) is 38.4 Å². The summed E-state index contributed by atoms with van der Waals surface area (Å²) in [5, 5.41) is 74.2. The summed E-state index contributed by atoms with van der Waals surface area (Å²) in [6.07, 6.45) is 20.9. The normalized spacial score (nSPS) is 10.4. The lowest BCUT2D eigenvalue weighted by molar-refractivity contribution is 0.0650. The zero-order chi connectivity index (χ0) is 60.5. The van der Waals surface area contributed by atoms with E-state index in [0.717, 1.165) is 151 Å². The van der Waals surface area contributed by atoms with Crippen molar-refractivity contribution in [3.8, 4) is 0 Å². The molecule has 16 nitrogen and oxygen atoms in total. The van der Waals surface area contributed by atoms with Gasteiger partial charge in [0.25, 0.3) is 0 Å². The number of aryl methyl sites for hydroxylation is 4. The van der Waals surface area contributed by atoms with Crippen LogP contribution in [0.15, 0.2) is 48.5 Å². The third-order valence-corrected chi connectivity index (χ3v) is 13.7. The molecule has 0 aliphatic carbocycles. The SMILES string of the molecule is C.CCCCc1ccc(C(=O)O)c(C(=O)O)c1CCCC.CCCCc1ccc(C(=O)O)c(C(=O)O)c1CCCC.CCCCc1ccc(C(=O)O)c(C(=O)O)c1CCCC.CCCCc1ccc(C(=O)O)c(C(=O)O)c1CCCC. The van der Waals surface area contributed by atoms with Crippen LogP contribution in [0.2, 0.25) is 0 Å². The van der Waals surface area contributed by atoms with Crippen LogP contribution in [0.5, 0.6) is 0 Å². The van der Waals surface area contributed by atoms with E-state index in [4.69, 9.17) is 20.4 Å². The summed E-state index contributed by atoms with van der Waals surface area (Å²) >= 11 is 0. The first kappa shape index (κ1) is 73.6. The predicted octanol–water partition coefficient (Wildman–Crippen LogP) is 15.7. The molecule has 0 heterocycles. The molecule has 4 rings (SSSR count). The van der Waals surface area contributed by atoms with E-state index in [2.05, 4.69) is 27.7 Å². The van der Waals surface area contributed by atoms with Crippen molar-refractivity contribution in [2.45, 2.75) is 217 Å². The van der Waals surface area contributed by atoms with Gasteiger partial charge in [-0.1, -0.05) is 138 Å². The first-order valence-corrected chi connectivity index (χ1v) is 28.5. The zero-order valence-electron chi connectivity index (χ0n) is 48.4. The van der Waals surface area contributed by atoms with Crippen molar-refractivity contribution in [2.24, 2.45) is 0 Å². The molecule has 0 aliphatic heterocycles. The Bertz CT molecular complexity index is 2330. The maximum absolute atomic E-state index is 11.5. The highest BCUT2D eigenvalue weighted by Gasteiger charge is 2.26. The molecule has 0 unspecified atom stereocenters. The van der Waals surface area contributed by atoms with Crippen molar-refractivity contribution in [2.75, 3.05) is 0 Å². The Morgan fingerprint density at radius 3 is 0.519 bits per heavy atom. The lowest BCUT2D eigenvalue weighted by Gasteiger charge is -2.14. The van der Waals surface area contributed by atoms with Gasteiger partial charge in [0.15, 0.2) is 0 Å². The second-order valence-corrected chi connectivity index (χ2v) is 19.8. The summed E-state index contributed by atoms with van der Waals surface area (Å²) < 4.78 is 0. The molecule has 16 heteroatoms. The number of hydrogen-bond acceptors (Lipinski definition) is 8. The fourth-order valence-corrected chi connectivity index (χ4v) is 9.42. The Morgan fingerprint density at radius 1 is 0.247 bits per heavy atom. The van der Waals surface area contributed by atoms with E-state index in [0.29, 0.717) is 47.9 Å². The molecule has 81 heavy (non-hydrogen) atoms. The first-order chi connectivity index (χ1) is 38.1. The second kappa shape index (κ2) is 39.9. The molecule has 0 fully saturated rings. The first-order valence-electron chi connectivity index (χ1n) is 28.5. The lowest BCUT2D eigenvalue weighted by atomic mass is 9.90. The molecule has 0 spiro atoms. The summed E-state index contributed by atoms with van der Waals surface area (Å²) in [6, 6.07) is 12.8. The summed E-state index contributed by atoms with van der Waals surface area (Å²) in [6.45, 7) is 16.5. The molecule has 8 N–H and O–H groups in total. The van der Waals surface area contributed by atoms with Crippen molar-refractivity contribution >= 4 is 47.8 Å². The van der Waals surface area contributed by atoms with Crippen LogP contribution in [0.3, 0.4) is 0 Å². The second-order valence-electron chi connectivity index (χ2n) is 19.8. The highest BCUT2D eigenvalue weighted by atomic mass is 16.4. The highest BCUT2D eigenvalue weighted by Crippen LogP contribution is 2.28. The summed E-state index contributed by atoms with van der Waals surface area (Å²) in [5.74, 6) is -9.30. The van der Waals surface area contributed by atoms with Crippen molar-refractivity contribution in [1.29, 1.82) is 0 Å². The quantitative estimate of drug-likeness (QED) is 0.0225. The van der Waals surface area contributed by atoms with E-state index in [1.54, 1.807) is 24.3 Å². The van der Waals surface area contributed by atoms with Gasteiger partial charge >= 0.3 is 47.8 Å². The number of hydrogen-bond donors (Lipinski definition) is 8. The fraction of sp³-hybridized carbons (Fsp3) is 0.508. The average Bonchev–Trinajstić information content (AvgIpc) is 3.42. The van der Waals surface area contributed by atoms with Crippen molar-refractivity contribution in [1.82, 2.24) is 0 Å². The van der Waals surface area contributed by atoms with Crippen molar-refractivity contribution < 1.29 is 79.2 Å². The molecule has 0 aliphatic rings. The van der Waals surface area contributed by atoms with Gasteiger partial charge in [0.1, 0.15) is 0 Å². The van der Waals surface area contributed by atoms with E-state index < -0.39 is 47.8 Å². The van der Waals surface area contributed by atoms with Crippen LogP contribution in [0, 0.1) is 0 Å². The molecule has 0 aromatic heterocycles. The number of rotatable bonds is 32. The number of carbonyl (C=O) groups is 8. The van der Waals surface area contributed by atoms with Crippen LogP contribution in [0.4, 0.5) is 0 Å². The van der Waals surface area contributed by atoms with Crippen molar-refractivity contribution in [3.63, 3.8) is 0 Å². The Labute approximate surface area is 479 Å². The number of carboxylic acids is 8. The number of carboxylic acid groups (broad SMARTS) is 8. The summed E-state index contributed by atoms with van der Waals surface area (Å²) in [7, 11) is 0. The van der Waals surface area contributed by atoms with Gasteiger partial charge in [-0.3, -0.25) is 0 Å². The maximum atomic E-state index is 11.5. The smallest absolute Gasteiger partial charge is 0.336 e. The van der Waals surface area contributed by atoms with Crippen LogP contribution in [-0.2, 0) is 51.4 Å². The monoisotopic (exact) mass is 1130 g/mol. The van der Waals surface area contributed by atoms with E-state index in [1.807, 2.05) is 27.7 Å². The molecule has 0 bridgehead atoms. The van der Waals surface area contributed by atoms with E-state index in [9.17, 15) is 58.8 Å². The minimum atomic E-state index is -1.18. The topological polar surface area (TPSA) is 298 Å². The van der Waals surface area contributed by atoms with Crippen LogP contribution >= 0.6 is 0 Å². The largest absolute Gasteiger partial charge is 0.478 e. The molecule has 0 radical (unpaired) electrons. The Kier molecular flexibility index (Phi) is 36.3. The van der Waals surface area contributed by atoms with E-state index in [-0.39, 0.29) is 51.9 Å². The number of aromatic carboxylic acids is 8. The molecule has 0 saturated heterocycles. The predicted molar refractivity (Wildman–Crippen MR) is 317 cm³/mol. The minimum Gasteiger partial charge on any atom is -0.478 e. The number of benzene rings is 4. The van der Waals surface area contributed by atoms with Crippen LogP contribution in [0.1, 0.15) is 293 Å². The third kappa shape index (κ3) is 23.3. The molecule has 4 aromatic carbocycles.